The van der Waals surface area contributed by atoms with Crippen molar-refractivity contribution in [3.63, 3.8) is 0 Å². The van der Waals surface area contributed by atoms with Gasteiger partial charge in [-0.25, -0.2) is 9.59 Å². The first kappa shape index (κ1) is 20.0. The number of halogens is 1. The normalized spacial score (nSPS) is 11.7. The van der Waals surface area contributed by atoms with Gasteiger partial charge in [0.2, 0.25) is 0 Å². The van der Waals surface area contributed by atoms with Crippen LogP contribution in [0.5, 0.6) is 0 Å². The van der Waals surface area contributed by atoms with Gasteiger partial charge >= 0.3 is 12.1 Å². The molecule has 138 valence electrons. The van der Waals surface area contributed by atoms with Crippen molar-refractivity contribution < 1.29 is 19.1 Å². The number of nitrogens with one attached hydrogen (secondary N) is 1. The molecule has 0 aliphatic rings. The van der Waals surface area contributed by atoms with Crippen LogP contribution in [-0.2, 0) is 27.5 Å². The van der Waals surface area contributed by atoms with Gasteiger partial charge in [-0.3, -0.25) is 0 Å². The minimum atomic E-state index is -0.770. The van der Waals surface area contributed by atoms with Crippen LogP contribution in [0.4, 0.5) is 4.79 Å². The second-order valence-corrected chi connectivity index (χ2v) is 7.08. The molecule has 0 fully saturated rings. The lowest BCUT2D eigenvalue weighted by molar-refractivity contribution is -0.148. The monoisotopic (exact) mass is 419 g/mol. The third kappa shape index (κ3) is 6.52. The van der Waals surface area contributed by atoms with Gasteiger partial charge in [-0.2, -0.15) is 0 Å². The molecule has 0 saturated heterocycles. The molecule has 1 atom stereocenters. The number of amides is 1. The number of hydrogen-bond donors (Lipinski definition) is 1. The van der Waals surface area contributed by atoms with Crippen molar-refractivity contribution in [2.24, 2.45) is 5.92 Å². The average Bonchev–Trinajstić information content (AvgIpc) is 2.64. The van der Waals surface area contributed by atoms with Crippen LogP contribution in [0.1, 0.15) is 25.0 Å². The van der Waals surface area contributed by atoms with Crippen LogP contribution in [0.3, 0.4) is 0 Å². The van der Waals surface area contributed by atoms with E-state index in [4.69, 9.17) is 9.47 Å². The Morgan fingerprint density at radius 3 is 2.12 bits per heavy atom. The van der Waals surface area contributed by atoms with E-state index in [1.807, 2.05) is 68.4 Å². The molecule has 2 aromatic rings. The summed E-state index contributed by atoms with van der Waals surface area (Å²) < 4.78 is 11.5. The quantitative estimate of drug-likeness (QED) is 0.673. The molecule has 1 amide bonds. The summed E-state index contributed by atoms with van der Waals surface area (Å²) in [7, 11) is 0. The highest BCUT2D eigenvalue weighted by molar-refractivity contribution is 9.10. The minimum absolute atomic E-state index is 0.128. The fraction of sp³-hybridized carbons (Fsp3) is 0.300. The summed E-state index contributed by atoms with van der Waals surface area (Å²) >= 11 is 3.36. The molecule has 1 unspecified atom stereocenters. The summed E-state index contributed by atoms with van der Waals surface area (Å²) in [4.78, 5) is 24.3. The molecule has 6 heteroatoms. The Balaban J connectivity index is 1.85. The van der Waals surface area contributed by atoms with E-state index >= 15 is 0 Å². The maximum Gasteiger partial charge on any atom is 0.408 e. The molecule has 1 N–H and O–H groups in total. The average molecular weight is 420 g/mol. The van der Waals surface area contributed by atoms with Crippen LogP contribution in [0, 0.1) is 5.92 Å². The van der Waals surface area contributed by atoms with Crippen molar-refractivity contribution >= 4 is 28.0 Å². The third-order valence-corrected chi connectivity index (χ3v) is 4.23. The van der Waals surface area contributed by atoms with Crippen molar-refractivity contribution in [3.05, 3.63) is 70.2 Å². The van der Waals surface area contributed by atoms with Crippen molar-refractivity contribution in [1.29, 1.82) is 0 Å². The van der Waals surface area contributed by atoms with E-state index in [0.717, 1.165) is 15.6 Å². The lowest BCUT2D eigenvalue weighted by atomic mass is 10.1. The number of carbonyl (C=O) groups is 2. The Morgan fingerprint density at radius 1 is 0.923 bits per heavy atom. The maximum absolute atomic E-state index is 12.3. The molecule has 0 aromatic heterocycles. The van der Waals surface area contributed by atoms with E-state index in [1.54, 1.807) is 0 Å². The van der Waals surface area contributed by atoms with Crippen LogP contribution < -0.4 is 5.32 Å². The second kappa shape index (κ2) is 9.97. The zero-order valence-corrected chi connectivity index (χ0v) is 16.4. The van der Waals surface area contributed by atoms with E-state index in [1.165, 1.54) is 0 Å². The molecular weight excluding hydrogens is 398 g/mol. The Kier molecular flexibility index (Phi) is 7.66. The molecular formula is C20H22BrNO4. The van der Waals surface area contributed by atoms with E-state index < -0.39 is 18.1 Å². The van der Waals surface area contributed by atoms with Crippen LogP contribution >= 0.6 is 15.9 Å². The van der Waals surface area contributed by atoms with Crippen molar-refractivity contribution in [2.45, 2.75) is 33.1 Å². The van der Waals surface area contributed by atoms with Gasteiger partial charge < -0.3 is 14.8 Å². The van der Waals surface area contributed by atoms with Gasteiger partial charge in [-0.1, -0.05) is 72.2 Å². The summed E-state index contributed by atoms with van der Waals surface area (Å²) in [5, 5.41) is 2.59. The topological polar surface area (TPSA) is 64.6 Å². The summed E-state index contributed by atoms with van der Waals surface area (Å²) in [5.74, 6) is -0.615. The molecule has 0 bridgehead atoms. The van der Waals surface area contributed by atoms with Crippen LogP contribution in [0.15, 0.2) is 59.1 Å². The zero-order valence-electron chi connectivity index (χ0n) is 14.8. The maximum atomic E-state index is 12.3. The van der Waals surface area contributed by atoms with Gasteiger partial charge in [0.25, 0.3) is 0 Å². The van der Waals surface area contributed by atoms with Gasteiger partial charge in [0, 0.05) is 4.47 Å². The second-order valence-electron chi connectivity index (χ2n) is 6.16. The van der Waals surface area contributed by atoms with E-state index in [0.29, 0.717) is 0 Å². The third-order valence-electron chi connectivity index (χ3n) is 3.70. The van der Waals surface area contributed by atoms with Gasteiger partial charge in [0.15, 0.2) is 0 Å². The SMILES string of the molecule is CC(C)C(NC(=O)OCc1ccccc1)C(=O)OCc1ccc(Br)cc1. The summed E-state index contributed by atoms with van der Waals surface area (Å²) in [6.45, 7) is 3.97. The van der Waals surface area contributed by atoms with Gasteiger partial charge in [-0.15, -0.1) is 0 Å². The Labute approximate surface area is 161 Å². The van der Waals surface area contributed by atoms with Crippen molar-refractivity contribution in [1.82, 2.24) is 5.32 Å². The van der Waals surface area contributed by atoms with E-state index in [9.17, 15) is 9.59 Å². The number of benzene rings is 2. The van der Waals surface area contributed by atoms with Crippen molar-refractivity contribution in [3.8, 4) is 0 Å². The fourth-order valence-corrected chi connectivity index (χ4v) is 2.48. The molecule has 0 aliphatic carbocycles. The van der Waals surface area contributed by atoms with Gasteiger partial charge in [-0.05, 0) is 29.2 Å². The first-order chi connectivity index (χ1) is 12.5. The molecule has 0 saturated carbocycles. The van der Waals surface area contributed by atoms with Gasteiger partial charge in [0.05, 0.1) is 0 Å². The van der Waals surface area contributed by atoms with E-state index in [2.05, 4.69) is 21.2 Å². The smallest absolute Gasteiger partial charge is 0.408 e. The number of carbonyl (C=O) groups excluding carboxylic acids is 2. The molecule has 0 radical (unpaired) electrons. The molecule has 0 aliphatic heterocycles. The lowest BCUT2D eigenvalue weighted by Gasteiger charge is -2.20. The fourth-order valence-electron chi connectivity index (χ4n) is 2.21. The molecule has 0 spiro atoms. The first-order valence-corrected chi connectivity index (χ1v) is 9.13. The number of alkyl carbamates (subject to hydrolysis) is 1. The highest BCUT2D eigenvalue weighted by Gasteiger charge is 2.26. The van der Waals surface area contributed by atoms with Crippen molar-refractivity contribution in [2.75, 3.05) is 0 Å². The Morgan fingerprint density at radius 2 is 1.50 bits per heavy atom. The lowest BCUT2D eigenvalue weighted by Crippen LogP contribution is -2.45. The summed E-state index contributed by atoms with van der Waals surface area (Å²) in [6, 6.07) is 16.1. The highest BCUT2D eigenvalue weighted by Crippen LogP contribution is 2.12. The summed E-state index contributed by atoms with van der Waals surface area (Å²) in [6.07, 6.45) is -0.645. The molecule has 0 heterocycles. The molecule has 2 aromatic carbocycles. The van der Waals surface area contributed by atoms with E-state index in [-0.39, 0.29) is 19.1 Å². The molecule has 5 nitrogen and oxygen atoms in total. The number of ether oxygens (including phenoxy) is 2. The van der Waals surface area contributed by atoms with Crippen LogP contribution in [-0.4, -0.2) is 18.1 Å². The number of rotatable bonds is 7. The predicted molar refractivity (Wildman–Crippen MR) is 102 cm³/mol. The summed E-state index contributed by atoms with van der Waals surface area (Å²) in [5.41, 5.74) is 1.75. The molecule has 26 heavy (non-hydrogen) atoms. The number of esters is 1. The van der Waals surface area contributed by atoms with Crippen LogP contribution in [0.2, 0.25) is 0 Å². The Hall–Kier alpha value is -2.34. The minimum Gasteiger partial charge on any atom is -0.459 e. The van der Waals surface area contributed by atoms with Gasteiger partial charge in [0.1, 0.15) is 19.3 Å². The molecule has 2 rings (SSSR count). The predicted octanol–water partition coefficient (Wildman–Crippen LogP) is 4.44. The standard InChI is InChI=1S/C20H22BrNO4/c1-14(2)18(19(23)25-12-16-8-10-17(21)11-9-16)22-20(24)26-13-15-6-4-3-5-7-15/h3-11,14,18H,12-13H2,1-2H3,(H,22,24). The highest BCUT2D eigenvalue weighted by atomic mass is 79.9. The largest absolute Gasteiger partial charge is 0.459 e. The Bertz CT molecular complexity index is 716. The zero-order chi connectivity index (χ0) is 18.9. The number of hydrogen-bond acceptors (Lipinski definition) is 4. The first-order valence-electron chi connectivity index (χ1n) is 8.34. The van der Waals surface area contributed by atoms with Crippen LogP contribution in [0.25, 0.3) is 0 Å².